The Morgan fingerprint density at radius 1 is 1.35 bits per heavy atom. The first kappa shape index (κ1) is 12.1. The number of rotatable bonds is 1. The fourth-order valence-corrected chi connectivity index (χ4v) is 3.36. The number of anilines is 2. The molecule has 3 aliphatic rings. The van der Waals surface area contributed by atoms with Gasteiger partial charge in [-0.1, -0.05) is 6.58 Å². The van der Waals surface area contributed by atoms with E-state index in [1.165, 1.54) is 6.20 Å². The third-order valence-corrected chi connectivity index (χ3v) is 4.54. The molecule has 1 atom stereocenters. The number of aromatic nitrogens is 1. The second kappa shape index (κ2) is 4.19. The van der Waals surface area contributed by atoms with Crippen LogP contribution in [0, 0.1) is 5.82 Å². The lowest BCUT2D eigenvalue weighted by molar-refractivity contribution is 0.276. The van der Waals surface area contributed by atoms with E-state index in [4.69, 9.17) is 0 Å². The molecular weight excluding hydrogens is 255 g/mol. The Labute approximate surface area is 118 Å². The molecule has 3 heterocycles. The topological polar surface area (TPSA) is 22.6 Å². The molecule has 1 saturated carbocycles. The average Bonchev–Trinajstić information content (AvgIpc) is 3.24. The average molecular weight is 274 g/mol. The molecule has 0 N–H and O–H groups in total. The van der Waals surface area contributed by atoms with E-state index in [1.807, 2.05) is 0 Å². The van der Waals surface area contributed by atoms with Crippen LogP contribution in [0.15, 0.2) is 24.5 Å². The summed E-state index contributed by atoms with van der Waals surface area (Å²) in [4.78, 5) is 11.2. The number of fused-ring (bicyclic) bond motifs is 3. The number of pyridine rings is 1. The van der Waals surface area contributed by atoms with E-state index in [9.17, 15) is 4.39 Å². The van der Waals surface area contributed by atoms with Crippen molar-refractivity contribution in [1.82, 2.24) is 9.88 Å². The van der Waals surface area contributed by atoms with Crippen molar-refractivity contribution in [2.45, 2.75) is 24.9 Å². The Hall–Kier alpha value is -1.62. The van der Waals surface area contributed by atoms with Gasteiger partial charge in [-0.25, -0.2) is 9.37 Å². The molecule has 5 heteroatoms. The van der Waals surface area contributed by atoms with Crippen LogP contribution in [0.25, 0.3) is 0 Å². The van der Waals surface area contributed by atoms with Crippen LogP contribution < -0.4 is 9.80 Å². The summed E-state index contributed by atoms with van der Waals surface area (Å²) >= 11 is 0. The fourth-order valence-electron chi connectivity index (χ4n) is 3.36. The van der Waals surface area contributed by atoms with E-state index < -0.39 is 0 Å². The smallest absolute Gasteiger partial charge is 0.153 e. The monoisotopic (exact) mass is 274 g/mol. The molecule has 1 unspecified atom stereocenters. The highest BCUT2D eigenvalue weighted by Crippen LogP contribution is 2.45. The summed E-state index contributed by atoms with van der Waals surface area (Å²) in [6.07, 6.45) is 3.66. The highest BCUT2D eigenvalue weighted by Gasteiger charge is 2.43. The van der Waals surface area contributed by atoms with E-state index in [-0.39, 0.29) is 11.9 Å². The van der Waals surface area contributed by atoms with E-state index in [2.05, 4.69) is 33.3 Å². The van der Waals surface area contributed by atoms with Crippen molar-refractivity contribution in [3.05, 3.63) is 30.4 Å². The van der Waals surface area contributed by atoms with Gasteiger partial charge in [-0.15, -0.1) is 0 Å². The number of halogens is 1. The Morgan fingerprint density at radius 2 is 2.15 bits per heavy atom. The standard InChI is InChI=1S/C15H19FN4/c1-10-14-9-18(2)5-6-19(14)15-13(7-11(16)8-17-15)20(10)12-3-4-12/h7-8,12,14H,1,3-6,9H2,2H3. The van der Waals surface area contributed by atoms with E-state index in [0.29, 0.717) is 6.04 Å². The Morgan fingerprint density at radius 3 is 2.90 bits per heavy atom. The van der Waals surface area contributed by atoms with Crippen LogP contribution in [0.1, 0.15) is 12.8 Å². The molecule has 1 saturated heterocycles. The molecule has 4 rings (SSSR count). The second-order valence-electron chi connectivity index (χ2n) is 6.06. The molecule has 0 radical (unpaired) electrons. The Balaban J connectivity index is 1.83. The third kappa shape index (κ3) is 1.73. The minimum atomic E-state index is -0.269. The van der Waals surface area contributed by atoms with Gasteiger partial charge in [0.15, 0.2) is 5.82 Å². The molecule has 1 aliphatic carbocycles. The first-order chi connectivity index (χ1) is 9.65. The quantitative estimate of drug-likeness (QED) is 0.779. The zero-order valence-electron chi connectivity index (χ0n) is 11.7. The SMILES string of the molecule is C=C1C2CN(C)CCN2c2ncc(F)cc2N1C1CC1. The van der Waals surface area contributed by atoms with Crippen molar-refractivity contribution in [3.63, 3.8) is 0 Å². The molecule has 0 amide bonds. The predicted molar refractivity (Wildman–Crippen MR) is 77.5 cm³/mol. The fraction of sp³-hybridized carbons (Fsp3) is 0.533. The van der Waals surface area contributed by atoms with Gasteiger partial charge in [0.05, 0.1) is 17.9 Å². The van der Waals surface area contributed by atoms with Gasteiger partial charge >= 0.3 is 0 Å². The van der Waals surface area contributed by atoms with Crippen LogP contribution >= 0.6 is 0 Å². The third-order valence-electron chi connectivity index (χ3n) is 4.54. The molecule has 1 aromatic heterocycles. The number of piperazine rings is 1. The van der Waals surface area contributed by atoms with Crippen molar-refractivity contribution in [2.24, 2.45) is 0 Å². The zero-order chi connectivity index (χ0) is 13.9. The molecule has 0 bridgehead atoms. The van der Waals surface area contributed by atoms with Crippen LogP contribution in [-0.4, -0.2) is 48.6 Å². The van der Waals surface area contributed by atoms with Gasteiger partial charge in [-0.3, -0.25) is 0 Å². The van der Waals surface area contributed by atoms with Gasteiger partial charge in [-0.2, -0.15) is 0 Å². The summed E-state index contributed by atoms with van der Waals surface area (Å²) in [5.74, 6) is 0.651. The highest BCUT2D eigenvalue weighted by atomic mass is 19.1. The second-order valence-corrected chi connectivity index (χ2v) is 6.06. The molecule has 0 spiro atoms. The zero-order valence-corrected chi connectivity index (χ0v) is 11.7. The highest BCUT2D eigenvalue weighted by molar-refractivity contribution is 5.76. The normalized spacial score (nSPS) is 26.5. The summed E-state index contributed by atoms with van der Waals surface area (Å²) in [7, 11) is 2.14. The van der Waals surface area contributed by atoms with Crippen LogP contribution in [-0.2, 0) is 0 Å². The van der Waals surface area contributed by atoms with Gasteiger partial charge in [-0.05, 0) is 19.9 Å². The lowest BCUT2D eigenvalue weighted by Gasteiger charge is -2.49. The Kier molecular flexibility index (Phi) is 2.54. The molecule has 2 fully saturated rings. The molecule has 4 nitrogen and oxygen atoms in total. The van der Waals surface area contributed by atoms with Crippen LogP contribution in [0.3, 0.4) is 0 Å². The number of hydrogen-bond donors (Lipinski definition) is 0. The summed E-state index contributed by atoms with van der Waals surface area (Å²) < 4.78 is 13.6. The molecule has 0 aromatic carbocycles. The van der Waals surface area contributed by atoms with E-state index in [0.717, 1.165) is 49.7 Å². The summed E-state index contributed by atoms with van der Waals surface area (Å²) in [6.45, 7) is 7.20. The van der Waals surface area contributed by atoms with Crippen LogP contribution in [0.2, 0.25) is 0 Å². The molecule has 1 aromatic rings. The summed E-state index contributed by atoms with van der Waals surface area (Å²) in [5.41, 5.74) is 2.00. The van der Waals surface area contributed by atoms with E-state index in [1.54, 1.807) is 6.07 Å². The maximum Gasteiger partial charge on any atom is 0.153 e. The molecule has 20 heavy (non-hydrogen) atoms. The van der Waals surface area contributed by atoms with Crippen molar-refractivity contribution >= 4 is 11.5 Å². The summed E-state index contributed by atoms with van der Waals surface area (Å²) in [6, 6.07) is 2.36. The van der Waals surface area contributed by atoms with Gasteiger partial charge < -0.3 is 14.7 Å². The number of nitrogens with zero attached hydrogens (tertiary/aromatic N) is 4. The van der Waals surface area contributed by atoms with Crippen LogP contribution in [0.4, 0.5) is 15.9 Å². The van der Waals surface area contributed by atoms with E-state index >= 15 is 0 Å². The minimum Gasteiger partial charge on any atom is -0.344 e. The van der Waals surface area contributed by atoms with Crippen molar-refractivity contribution in [3.8, 4) is 0 Å². The van der Waals surface area contributed by atoms with Crippen LogP contribution in [0.5, 0.6) is 0 Å². The largest absolute Gasteiger partial charge is 0.344 e. The minimum absolute atomic E-state index is 0.264. The van der Waals surface area contributed by atoms with Gasteiger partial charge in [0.2, 0.25) is 0 Å². The maximum absolute atomic E-state index is 13.6. The predicted octanol–water partition coefficient (Wildman–Crippen LogP) is 1.84. The lowest BCUT2D eigenvalue weighted by Crippen LogP contribution is -2.58. The van der Waals surface area contributed by atoms with Crippen molar-refractivity contribution in [2.75, 3.05) is 36.5 Å². The van der Waals surface area contributed by atoms with Gasteiger partial charge in [0.1, 0.15) is 5.82 Å². The molecule has 2 aliphatic heterocycles. The number of hydrogen-bond acceptors (Lipinski definition) is 4. The van der Waals surface area contributed by atoms with Gasteiger partial charge in [0, 0.05) is 37.4 Å². The van der Waals surface area contributed by atoms with Crippen molar-refractivity contribution < 1.29 is 4.39 Å². The van der Waals surface area contributed by atoms with Gasteiger partial charge in [0.25, 0.3) is 0 Å². The first-order valence-corrected chi connectivity index (χ1v) is 7.24. The molecular formula is C15H19FN4. The summed E-state index contributed by atoms with van der Waals surface area (Å²) in [5, 5.41) is 0. The Bertz CT molecular complexity index is 569. The number of likely N-dealkylation sites (N-methyl/N-ethyl adjacent to an activating group) is 1. The molecule has 106 valence electrons. The first-order valence-electron chi connectivity index (χ1n) is 7.24. The van der Waals surface area contributed by atoms with Crippen molar-refractivity contribution in [1.29, 1.82) is 0 Å². The maximum atomic E-state index is 13.6. The lowest BCUT2D eigenvalue weighted by atomic mass is 10.0.